The number of hydrogen-bond donors (Lipinski definition) is 2. The fourth-order valence-electron chi connectivity index (χ4n) is 3.55. The Labute approximate surface area is 118 Å². The zero-order chi connectivity index (χ0) is 14.0. The van der Waals surface area contributed by atoms with E-state index < -0.39 is 0 Å². The lowest BCUT2D eigenvalue weighted by atomic mass is 9.78. The standard InChI is InChI=1S/C15H21N3O2/c19-13-4-7-16-10-12(13)14(20)18-9-8-17-11-15(18)5-2-1-3-6-15/h4,7,10,17H,1-3,5-6,8-9,11H2,(H,16,19). The van der Waals surface area contributed by atoms with Crippen molar-refractivity contribution < 1.29 is 4.79 Å². The van der Waals surface area contributed by atoms with Crippen molar-refractivity contribution in [3.05, 3.63) is 34.2 Å². The number of nitrogens with one attached hydrogen (secondary N) is 2. The summed E-state index contributed by atoms with van der Waals surface area (Å²) in [5, 5.41) is 3.42. The second kappa shape index (κ2) is 5.40. The molecule has 2 aliphatic rings. The number of carbonyl (C=O) groups excluding carboxylic acids is 1. The van der Waals surface area contributed by atoms with Crippen LogP contribution in [0.25, 0.3) is 0 Å². The molecule has 1 aliphatic heterocycles. The normalized spacial score (nSPS) is 21.9. The van der Waals surface area contributed by atoms with Crippen LogP contribution in [-0.2, 0) is 0 Å². The third-order valence-corrected chi connectivity index (χ3v) is 4.62. The minimum atomic E-state index is -0.196. The molecule has 1 saturated carbocycles. The minimum Gasteiger partial charge on any atom is -0.367 e. The molecule has 1 spiro atoms. The smallest absolute Gasteiger partial charge is 0.259 e. The summed E-state index contributed by atoms with van der Waals surface area (Å²) in [4.78, 5) is 29.5. The Kier molecular flexibility index (Phi) is 3.61. The van der Waals surface area contributed by atoms with Gasteiger partial charge < -0.3 is 15.2 Å². The van der Waals surface area contributed by atoms with Crippen molar-refractivity contribution >= 4 is 5.91 Å². The molecule has 0 aromatic carbocycles. The predicted octanol–water partition coefficient (Wildman–Crippen LogP) is 1.12. The van der Waals surface area contributed by atoms with E-state index in [4.69, 9.17) is 0 Å². The van der Waals surface area contributed by atoms with Crippen LogP contribution >= 0.6 is 0 Å². The fraction of sp³-hybridized carbons (Fsp3) is 0.600. The Bertz CT molecular complexity index is 538. The van der Waals surface area contributed by atoms with Gasteiger partial charge in [0.2, 0.25) is 0 Å². The van der Waals surface area contributed by atoms with Crippen LogP contribution in [0.5, 0.6) is 0 Å². The summed E-state index contributed by atoms with van der Waals surface area (Å²) >= 11 is 0. The summed E-state index contributed by atoms with van der Waals surface area (Å²) < 4.78 is 0. The Morgan fingerprint density at radius 1 is 1.25 bits per heavy atom. The Balaban J connectivity index is 1.92. The molecule has 5 nitrogen and oxygen atoms in total. The summed E-state index contributed by atoms with van der Waals surface area (Å²) in [6.07, 6.45) is 8.74. The fourth-order valence-corrected chi connectivity index (χ4v) is 3.55. The SMILES string of the molecule is O=C(c1c[nH]ccc1=O)N1CCNCC12CCCCC2. The van der Waals surface area contributed by atoms with Gasteiger partial charge in [-0.25, -0.2) is 0 Å². The van der Waals surface area contributed by atoms with Gasteiger partial charge in [0.1, 0.15) is 5.56 Å². The molecule has 0 bridgehead atoms. The van der Waals surface area contributed by atoms with E-state index in [1.54, 1.807) is 6.20 Å². The second-order valence-corrected chi connectivity index (χ2v) is 5.84. The number of H-pyrrole nitrogens is 1. The molecule has 0 unspecified atom stereocenters. The molecular formula is C15H21N3O2. The molecule has 1 amide bonds. The van der Waals surface area contributed by atoms with Gasteiger partial charge in [-0.3, -0.25) is 9.59 Å². The zero-order valence-corrected chi connectivity index (χ0v) is 11.7. The summed E-state index contributed by atoms with van der Waals surface area (Å²) in [5.41, 5.74) is -0.0202. The van der Waals surface area contributed by atoms with E-state index in [2.05, 4.69) is 10.3 Å². The first-order valence-electron chi connectivity index (χ1n) is 7.43. The third kappa shape index (κ3) is 2.26. The quantitative estimate of drug-likeness (QED) is 0.807. The van der Waals surface area contributed by atoms with E-state index in [0.29, 0.717) is 6.54 Å². The van der Waals surface area contributed by atoms with Crippen LogP contribution in [0.3, 0.4) is 0 Å². The van der Waals surface area contributed by atoms with Crippen LogP contribution in [0.15, 0.2) is 23.3 Å². The van der Waals surface area contributed by atoms with Gasteiger partial charge in [-0.1, -0.05) is 19.3 Å². The van der Waals surface area contributed by atoms with E-state index in [1.807, 2.05) is 4.90 Å². The maximum Gasteiger partial charge on any atom is 0.259 e. The van der Waals surface area contributed by atoms with E-state index in [9.17, 15) is 9.59 Å². The number of amides is 1. The average Bonchev–Trinajstić information content (AvgIpc) is 2.48. The van der Waals surface area contributed by atoms with Crippen molar-refractivity contribution in [2.45, 2.75) is 37.6 Å². The Hall–Kier alpha value is -1.62. The summed E-state index contributed by atoms with van der Waals surface area (Å²) in [7, 11) is 0. The zero-order valence-electron chi connectivity index (χ0n) is 11.7. The lowest BCUT2D eigenvalue weighted by Crippen LogP contribution is -2.64. The molecule has 0 radical (unpaired) electrons. The molecule has 2 fully saturated rings. The van der Waals surface area contributed by atoms with Crippen LogP contribution in [0, 0.1) is 0 Å². The number of nitrogens with zero attached hydrogens (tertiary/aromatic N) is 1. The maximum absolute atomic E-state index is 12.8. The molecule has 2 heterocycles. The Morgan fingerprint density at radius 2 is 2.05 bits per heavy atom. The molecule has 108 valence electrons. The average molecular weight is 275 g/mol. The van der Waals surface area contributed by atoms with Gasteiger partial charge in [-0.15, -0.1) is 0 Å². The van der Waals surface area contributed by atoms with Gasteiger partial charge in [-0.2, -0.15) is 0 Å². The van der Waals surface area contributed by atoms with Gasteiger partial charge >= 0.3 is 0 Å². The molecule has 20 heavy (non-hydrogen) atoms. The molecule has 5 heteroatoms. The van der Waals surface area contributed by atoms with Crippen molar-refractivity contribution in [1.29, 1.82) is 0 Å². The molecule has 3 rings (SSSR count). The molecule has 1 aliphatic carbocycles. The van der Waals surface area contributed by atoms with Gasteiger partial charge in [0.15, 0.2) is 5.43 Å². The van der Waals surface area contributed by atoms with E-state index in [0.717, 1.165) is 38.8 Å². The van der Waals surface area contributed by atoms with Crippen molar-refractivity contribution in [1.82, 2.24) is 15.2 Å². The number of rotatable bonds is 1. The van der Waals surface area contributed by atoms with Crippen LogP contribution in [0.2, 0.25) is 0 Å². The summed E-state index contributed by atoms with van der Waals surface area (Å²) in [6, 6.07) is 1.42. The van der Waals surface area contributed by atoms with Crippen LogP contribution in [0.1, 0.15) is 42.5 Å². The molecule has 2 N–H and O–H groups in total. The molecule has 1 saturated heterocycles. The molecule has 1 aromatic heterocycles. The minimum absolute atomic E-state index is 0.0874. The van der Waals surface area contributed by atoms with E-state index >= 15 is 0 Å². The molecule has 0 atom stereocenters. The van der Waals surface area contributed by atoms with Crippen LogP contribution in [-0.4, -0.2) is 41.0 Å². The van der Waals surface area contributed by atoms with Crippen molar-refractivity contribution in [3.63, 3.8) is 0 Å². The summed E-state index contributed by atoms with van der Waals surface area (Å²) in [5.74, 6) is -0.116. The highest BCUT2D eigenvalue weighted by atomic mass is 16.2. The Morgan fingerprint density at radius 3 is 2.80 bits per heavy atom. The number of aromatic nitrogens is 1. The largest absolute Gasteiger partial charge is 0.367 e. The number of hydrogen-bond acceptors (Lipinski definition) is 3. The molecule has 1 aromatic rings. The molecular weight excluding hydrogens is 254 g/mol. The van der Waals surface area contributed by atoms with Gasteiger partial charge in [-0.05, 0) is 12.8 Å². The predicted molar refractivity (Wildman–Crippen MR) is 76.8 cm³/mol. The first-order valence-corrected chi connectivity index (χ1v) is 7.43. The highest BCUT2D eigenvalue weighted by molar-refractivity contribution is 5.94. The number of piperazine rings is 1. The first kappa shape index (κ1) is 13.4. The lowest BCUT2D eigenvalue weighted by molar-refractivity contribution is 0.0221. The van der Waals surface area contributed by atoms with Crippen molar-refractivity contribution in [2.75, 3.05) is 19.6 Å². The topological polar surface area (TPSA) is 65.2 Å². The van der Waals surface area contributed by atoms with Gasteiger partial charge in [0, 0.05) is 38.1 Å². The monoisotopic (exact) mass is 275 g/mol. The summed E-state index contributed by atoms with van der Waals surface area (Å²) in [6.45, 7) is 2.34. The van der Waals surface area contributed by atoms with E-state index in [1.165, 1.54) is 18.7 Å². The van der Waals surface area contributed by atoms with Crippen molar-refractivity contribution in [2.24, 2.45) is 0 Å². The second-order valence-electron chi connectivity index (χ2n) is 5.84. The maximum atomic E-state index is 12.8. The lowest BCUT2D eigenvalue weighted by Gasteiger charge is -2.49. The number of pyridine rings is 1. The first-order chi connectivity index (χ1) is 9.73. The highest BCUT2D eigenvalue weighted by Gasteiger charge is 2.42. The van der Waals surface area contributed by atoms with Crippen LogP contribution in [0.4, 0.5) is 0 Å². The van der Waals surface area contributed by atoms with E-state index in [-0.39, 0.29) is 22.4 Å². The number of aromatic amines is 1. The van der Waals surface area contributed by atoms with Gasteiger partial charge in [0.05, 0.1) is 5.54 Å². The highest BCUT2D eigenvalue weighted by Crippen LogP contribution is 2.35. The number of carbonyl (C=O) groups is 1. The third-order valence-electron chi connectivity index (χ3n) is 4.62. The van der Waals surface area contributed by atoms with Gasteiger partial charge in [0.25, 0.3) is 5.91 Å². The van der Waals surface area contributed by atoms with Crippen LogP contribution < -0.4 is 10.7 Å². The van der Waals surface area contributed by atoms with Crippen molar-refractivity contribution in [3.8, 4) is 0 Å².